The molecule has 4 aromatic rings. The third-order valence-corrected chi connectivity index (χ3v) is 5.70. The number of pyridine rings is 1. The van der Waals surface area contributed by atoms with Crippen LogP contribution in [0.3, 0.4) is 0 Å². The Morgan fingerprint density at radius 1 is 1.00 bits per heavy atom. The maximum absolute atomic E-state index is 12.2. The number of aromatic nitrogens is 3. The van der Waals surface area contributed by atoms with E-state index in [0.29, 0.717) is 12.1 Å². The first-order valence-corrected chi connectivity index (χ1v) is 11.0. The van der Waals surface area contributed by atoms with Crippen molar-refractivity contribution in [2.75, 3.05) is 0 Å². The topological polar surface area (TPSA) is 59.8 Å². The van der Waals surface area contributed by atoms with E-state index in [4.69, 9.17) is 4.98 Å². The molecule has 0 radical (unpaired) electrons. The fourth-order valence-electron chi connectivity index (χ4n) is 3.20. The van der Waals surface area contributed by atoms with Crippen LogP contribution in [0.15, 0.2) is 78.1 Å². The average molecular weight is 417 g/mol. The van der Waals surface area contributed by atoms with Gasteiger partial charge >= 0.3 is 0 Å². The number of hydrogen-bond acceptors (Lipinski definition) is 4. The molecule has 0 aliphatic carbocycles. The van der Waals surface area contributed by atoms with Gasteiger partial charge in [-0.3, -0.25) is 9.36 Å². The third-order valence-electron chi connectivity index (χ3n) is 4.66. The molecule has 1 N–H and O–H groups in total. The van der Waals surface area contributed by atoms with Crippen LogP contribution in [0.1, 0.15) is 35.3 Å². The summed E-state index contributed by atoms with van der Waals surface area (Å²) >= 11 is 1.71. The molecule has 0 spiro atoms. The van der Waals surface area contributed by atoms with Gasteiger partial charge in [-0.1, -0.05) is 54.2 Å². The molecule has 2 aromatic heterocycles. The Morgan fingerprint density at radius 3 is 2.50 bits per heavy atom. The number of carbonyl (C=O) groups is 1. The van der Waals surface area contributed by atoms with E-state index in [1.165, 1.54) is 5.56 Å². The highest BCUT2D eigenvalue weighted by atomic mass is 32.2. The molecule has 152 valence electrons. The molecule has 0 unspecified atom stereocenters. The summed E-state index contributed by atoms with van der Waals surface area (Å²) in [5.41, 5.74) is 4.78. The van der Waals surface area contributed by atoms with Crippen LogP contribution in [0.4, 0.5) is 0 Å². The van der Waals surface area contributed by atoms with E-state index < -0.39 is 0 Å². The number of nitrogens with zero attached hydrogens (tertiary/aromatic N) is 3. The Hall–Kier alpha value is -3.12. The molecule has 2 heterocycles. The number of thioether (sulfide) groups is 1. The number of nitrogens with one attached hydrogen (secondary N) is 1. The maximum Gasteiger partial charge on any atom is 0.251 e. The van der Waals surface area contributed by atoms with Crippen molar-refractivity contribution >= 4 is 28.8 Å². The molecule has 0 fully saturated rings. The molecule has 0 atom stereocenters. The molecular formula is C24H24N4OS. The van der Waals surface area contributed by atoms with Crippen LogP contribution in [-0.2, 0) is 12.3 Å². The van der Waals surface area contributed by atoms with Crippen molar-refractivity contribution < 1.29 is 4.79 Å². The van der Waals surface area contributed by atoms with Gasteiger partial charge in [0.05, 0.1) is 6.54 Å². The number of rotatable bonds is 7. The van der Waals surface area contributed by atoms with Crippen molar-refractivity contribution in [3.8, 4) is 0 Å². The van der Waals surface area contributed by atoms with Crippen molar-refractivity contribution in [3.05, 3.63) is 89.6 Å². The van der Waals surface area contributed by atoms with Gasteiger partial charge in [-0.25, -0.2) is 9.97 Å². The lowest BCUT2D eigenvalue weighted by Crippen LogP contribution is -2.30. The summed E-state index contributed by atoms with van der Waals surface area (Å²) in [6, 6.07) is 22.1. The highest BCUT2D eigenvalue weighted by molar-refractivity contribution is 7.98. The standard InChI is InChI=1S/C24H24N4OS/c1-17(2)26-23(29)20-12-10-18(11-13-20)15-28-22-21(9-6-14-25-22)27-24(28)30-16-19-7-4-3-5-8-19/h3-14,17H,15-16H2,1-2H3,(H,26,29). The molecule has 5 nitrogen and oxygen atoms in total. The number of hydrogen-bond donors (Lipinski definition) is 1. The number of fused-ring (bicyclic) bond motifs is 1. The molecule has 2 aromatic carbocycles. The lowest BCUT2D eigenvalue weighted by atomic mass is 10.1. The molecule has 4 rings (SSSR count). The van der Waals surface area contributed by atoms with Gasteiger partial charge in [-0.15, -0.1) is 0 Å². The zero-order valence-electron chi connectivity index (χ0n) is 17.1. The van der Waals surface area contributed by atoms with Gasteiger partial charge in [0.1, 0.15) is 5.52 Å². The fourth-order valence-corrected chi connectivity index (χ4v) is 4.16. The normalized spacial score (nSPS) is 11.2. The molecular weight excluding hydrogens is 392 g/mol. The van der Waals surface area contributed by atoms with Crippen LogP contribution >= 0.6 is 11.8 Å². The predicted octanol–water partition coefficient (Wildman–Crippen LogP) is 4.91. The lowest BCUT2D eigenvalue weighted by Gasteiger charge is -2.11. The predicted molar refractivity (Wildman–Crippen MR) is 122 cm³/mol. The van der Waals surface area contributed by atoms with E-state index in [0.717, 1.165) is 27.6 Å². The zero-order valence-corrected chi connectivity index (χ0v) is 17.9. The van der Waals surface area contributed by atoms with Crippen LogP contribution in [0.25, 0.3) is 11.2 Å². The summed E-state index contributed by atoms with van der Waals surface area (Å²) in [6.45, 7) is 4.56. The number of carbonyl (C=O) groups excluding carboxylic acids is 1. The maximum atomic E-state index is 12.2. The molecule has 0 saturated carbocycles. The highest BCUT2D eigenvalue weighted by Crippen LogP contribution is 2.26. The summed E-state index contributed by atoms with van der Waals surface area (Å²) in [7, 11) is 0. The highest BCUT2D eigenvalue weighted by Gasteiger charge is 2.13. The molecule has 0 aliphatic heterocycles. The second-order valence-electron chi connectivity index (χ2n) is 7.43. The van der Waals surface area contributed by atoms with Gasteiger partial charge in [0.15, 0.2) is 10.8 Å². The summed E-state index contributed by atoms with van der Waals surface area (Å²) in [5, 5.41) is 3.86. The van der Waals surface area contributed by atoms with Crippen LogP contribution in [0.5, 0.6) is 0 Å². The van der Waals surface area contributed by atoms with Crippen LogP contribution < -0.4 is 5.32 Å². The smallest absolute Gasteiger partial charge is 0.251 e. The van der Waals surface area contributed by atoms with Gasteiger partial charge < -0.3 is 5.32 Å². The van der Waals surface area contributed by atoms with Gasteiger partial charge in [0, 0.05) is 23.6 Å². The first kappa shape index (κ1) is 20.2. The largest absolute Gasteiger partial charge is 0.350 e. The van der Waals surface area contributed by atoms with E-state index in [-0.39, 0.29) is 11.9 Å². The molecule has 0 bridgehead atoms. The van der Waals surface area contributed by atoms with Crippen molar-refractivity contribution in [2.45, 2.75) is 37.3 Å². The van der Waals surface area contributed by atoms with E-state index in [9.17, 15) is 4.79 Å². The average Bonchev–Trinajstić information content (AvgIpc) is 3.10. The van der Waals surface area contributed by atoms with Crippen molar-refractivity contribution in [3.63, 3.8) is 0 Å². The molecule has 30 heavy (non-hydrogen) atoms. The van der Waals surface area contributed by atoms with Gasteiger partial charge in [0.2, 0.25) is 0 Å². The third kappa shape index (κ3) is 4.71. The first-order valence-electron chi connectivity index (χ1n) is 9.98. The Labute approximate surface area is 180 Å². The minimum absolute atomic E-state index is 0.0506. The van der Waals surface area contributed by atoms with E-state index in [1.54, 1.807) is 18.0 Å². The summed E-state index contributed by atoms with van der Waals surface area (Å²) in [5.74, 6) is 0.795. The SMILES string of the molecule is CC(C)NC(=O)c1ccc(Cn2c(SCc3ccccc3)nc3cccnc32)cc1. The molecule has 6 heteroatoms. The van der Waals surface area contributed by atoms with Crippen molar-refractivity contribution in [1.29, 1.82) is 0 Å². The Kier molecular flexibility index (Phi) is 6.14. The second kappa shape index (κ2) is 9.13. The Balaban J connectivity index is 1.57. The van der Waals surface area contributed by atoms with E-state index >= 15 is 0 Å². The Bertz CT molecular complexity index is 1140. The van der Waals surface area contributed by atoms with Crippen LogP contribution in [0, 0.1) is 0 Å². The zero-order chi connectivity index (χ0) is 20.9. The molecule has 1 amide bonds. The molecule has 0 aliphatic rings. The lowest BCUT2D eigenvalue weighted by molar-refractivity contribution is 0.0943. The summed E-state index contributed by atoms with van der Waals surface area (Å²) in [4.78, 5) is 21.5. The number of amides is 1. The minimum Gasteiger partial charge on any atom is -0.350 e. The minimum atomic E-state index is -0.0506. The number of benzene rings is 2. The van der Waals surface area contributed by atoms with Gasteiger partial charge in [-0.2, -0.15) is 0 Å². The summed E-state index contributed by atoms with van der Waals surface area (Å²) < 4.78 is 2.14. The second-order valence-corrected chi connectivity index (χ2v) is 8.37. The Morgan fingerprint density at radius 2 is 1.77 bits per heavy atom. The van der Waals surface area contributed by atoms with E-state index in [2.05, 4.69) is 39.1 Å². The monoisotopic (exact) mass is 416 g/mol. The van der Waals surface area contributed by atoms with Gasteiger partial charge in [-0.05, 0) is 49.2 Å². The van der Waals surface area contributed by atoms with E-state index in [1.807, 2.05) is 56.3 Å². The quantitative estimate of drug-likeness (QED) is 0.435. The summed E-state index contributed by atoms with van der Waals surface area (Å²) in [6.07, 6.45) is 1.80. The number of imidazole rings is 1. The van der Waals surface area contributed by atoms with Crippen molar-refractivity contribution in [2.24, 2.45) is 0 Å². The van der Waals surface area contributed by atoms with Crippen LogP contribution in [-0.4, -0.2) is 26.5 Å². The van der Waals surface area contributed by atoms with Gasteiger partial charge in [0.25, 0.3) is 5.91 Å². The van der Waals surface area contributed by atoms with Crippen LogP contribution in [0.2, 0.25) is 0 Å². The first-order chi connectivity index (χ1) is 14.6. The van der Waals surface area contributed by atoms with Crippen molar-refractivity contribution in [1.82, 2.24) is 19.9 Å². The molecule has 0 saturated heterocycles. The fraction of sp³-hybridized carbons (Fsp3) is 0.208.